The molecule has 0 radical (unpaired) electrons. The molecule has 0 aliphatic carbocycles. The van der Waals surface area contributed by atoms with Crippen LogP contribution in [-0.4, -0.2) is 32.7 Å². The molecule has 1 saturated heterocycles. The summed E-state index contributed by atoms with van der Waals surface area (Å²) in [7, 11) is 0. The minimum Gasteiger partial charge on any atom is -0.348 e. The summed E-state index contributed by atoms with van der Waals surface area (Å²) in [4.78, 5) is 18.4. The molecule has 4 heterocycles. The molecule has 0 unspecified atom stereocenters. The van der Waals surface area contributed by atoms with E-state index in [2.05, 4.69) is 21.3 Å². The van der Waals surface area contributed by atoms with E-state index in [4.69, 9.17) is 12.2 Å². The molecule has 2 aromatic heterocycles. The van der Waals surface area contributed by atoms with Gasteiger partial charge < -0.3 is 14.8 Å². The Kier molecular flexibility index (Phi) is 3.61. The molecule has 0 aromatic carbocycles. The zero-order chi connectivity index (χ0) is 15.8. The Morgan fingerprint density at radius 3 is 2.96 bits per heavy atom. The molecule has 0 saturated carbocycles. The van der Waals surface area contributed by atoms with E-state index < -0.39 is 0 Å². The van der Waals surface area contributed by atoms with Crippen LogP contribution in [0.15, 0.2) is 47.5 Å². The van der Waals surface area contributed by atoms with E-state index in [9.17, 15) is 4.79 Å². The van der Waals surface area contributed by atoms with Crippen LogP contribution in [0.4, 0.5) is 5.69 Å². The molecule has 2 aliphatic rings. The lowest BCUT2D eigenvalue weighted by molar-refractivity contribution is 0.180. The lowest BCUT2D eigenvalue weighted by Gasteiger charge is -2.43. The summed E-state index contributed by atoms with van der Waals surface area (Å²) in [5, 5.41) is 4.00. The third kappa shape index (κ3) is 2.74. The lowest BCUT2D eigenvalue weighted by atomic mass is 9.83. The van der Waals surface area contributed by atoms with Gasteiger partial charge in [-0.15, -0.1) is 0 Å². The Bertz CT molecular complexity index is 789. The van der Waals surface area contributed by atoms with Crippen LogP contribution in [0, 0.1) is 5.92 Å². The van der Waals surface area contributed by atoms with Crippen molar-refractivity contribution in [2.75, 3.05) is 18.4 Å². The van der Waals surface area contributed by atoms with Crippen molar-refractivity contribution in [1.82, 2.24) is 14.5 Å². The summed E-state index contributed by atoms with van der Waals surface area (Å²) < 4.78 is 1.94. The fourth-order valence-corrected chi connectivity index (χ4v) is 3.97. The molecule has 1 fully saturated rings. The van der Waals surface area contributed by atoms with E-state index in [1.807, 2.05) is 22.8 Å². The smallest absolute Gasteiger partial charge is 0.250 e. The number of anilines is 1. The molecule has 2 aromatic rings. The number of pyridine rings is 2. The average Bonchev–Trinajstić information content (AvgIpc) is 2.57. The number of rotatable bonds is 1. The van der Waals surface area contributed by atoms with Crippen molar-refractivity contribution in [3.8, 4) is 0 Å². The summed E-state index contributed by atoms with van der Waals surface area (Å²) >= 11 is 5.58. The molecule has 5 nitrogen and oxygen atoms in total. The maximum absolute atomic E-state index is 12.1. The van der Waals surface area contributed by atoms with Gasteiger partial charge in [-0.3, -0.25) is 9.78 Å². The fourth-order valence-electron chi connectivity index (χ4n) is 3.70. The Hall–Kier alpha value is -2.21. The van der Waals surface area contributed by atoms with Crippen LogP contribution in [0.25, 0.3) is 0 Å². The van der Waals surface area contributed by atoms with Gasteiger partial charge in [0, 0.05) is 43.5 Å². The van der Waals surface area contributed by atoms with Gasteiger partial charge in [0.05, 0.1) is 11.9 Å². The second kappa shape index (κ2) is 5.77. The van der Waals surface area contributed by atoms with Crippen LogP contribution < -0.4 is 10.9 Å². The van der Waals surface area contributed by atoms with Gasteiger partial charge in [0.2, 0.25) is 0 Å². The molecule has 23 heavy (non-hydrogen) atoms. The summed E-state index contributed by atoms with van der Waals surface area (Å²) in [6.07, 6.45) is 4.65. The lowest BCUT2D eigenvalue weighted by Crippen LogP contribution is -2.50. The highest BCUT2D eigenvalue weighted by Gasteiger charge is 2.35. The molecule has 2 atom stereocenters. The number of fused-ring (bicyclic) bond motifs is 4. The maximum atomic E-state index is 12.1. The van der Waals surface area contributed by atoms with Gasteiger partial charge in [0.15, 0.2) is 5.11 Å². The van der Waals surface area contributed by atoms with E-state index in [1.54, 1.807) is 18.5 Å². The number of piperidine rings is 1. The van der Waals surface area contributed by atoms with E-state index in [1.165, 1.54) is 0 Å². The molecular formula is C17H18N4OS. The summed E-state index contributed by atoms with van der Waals surface area (Å²) in [6, 6.07) is 9.43. The fraction of sp³-hybridized carbons (Fsp3) is 0.353. The first-order valence-corrected chi connectivity index (χ1v) is 8.27. The number of aromatic nitrogens is 2. The third-order valence-corrected chi connectivity index (χ3v) is 5.04. The Morgan fingerprint density at radius 2 is 2.13 bits per heavy atom. The van der Waals surface area contributed by atoms with Gasteiger partial charge in [0.25, 0.3) is 5.56 Å². The standard InChI is InChI=1S/C17H18N4OS/c22-16-5-1-4-15-13-7-12(10-21(15)16)9-20(11-13)17(23)19-14-3-2-6-18-8-14/h1-6,8,12-13H,7,9-11H2,(H,19,23)/t12-,13+/m0/s1. The van der Waals surface area contributed by atoms with E-state index >= 15 is 0 Å². The third-order valence-electron chi connectivity index (χ3n) is 4.68. The highest BCUT2D eigenvalue weighted by Crippen LogP contribution is 2.35. The predicted molar refractivity (Wildman–Crippen MR) is 93.6 cm³/mol. The van der Waals surface area contributed by atoms with Crippen molar-refractivity contribution in [1.29, 1.82) is 0 Å². The van der Waals surface area contributed by atoms with Crippen molar-refractivity contribution in [2.45, 2.75) is 18.9 Å². The van der Waals surface area contributed by atoms with Crippen molar-refractivity contribution in [2.24, 2.45) is 5.92 Å². The first-order chi connectivity index (χ1) is 11.2. The van der Waals surface area contributed by atoms with Gasteiger partial charge >= 0.3 is 0 Å². The Morgan fingerprint density at radius 1 is 1.22 bits per heavy atom. The van der Waals surface area contributed by atoms with Crippen LogP contribution in [0.2, 0.25) is 0 Å². The van der Waals surface area contributed by atoms with Crippen molar-refractivity contribution in [3.05, 3.63) is 58.8 Å². The predicted octanol–water partition coefficient (Wildman–Crippen LogP) is 2.06. The van der Waals surface area contributed by atoms with Gasteiger partial charge in [0.1, 0.15) is 0 Å². The molecule has 0 spiro atoms. The summed E-state index contributed by atoms with van der Waals surface area (Å²) in [6.45, 7) is 2.53. The molecular weight excluding hydrogens is 308 g/mol. The highest BCUT2D eigenvalue weighted by molar-refractivity contribution is 7.80. The number of nitrogens with one attached hydrogen (secondary N) is 1. The molecule has 2 bridgehead atoms. The molecule has 2 aliphatic heterocycles. The second-order valence-electron chi connectivity index (χ2n) is 6.27. The van der Waals surface area contributed by atoms with Crippen LogP contribution in [0.3, 0.4) is 0 Å². The normalized spacial score (nSPS) is 22.3. The molecule has 118 valence electrons. The minimum atomic E-state index is 0.113. The van der Waals surface area contributed by atoms with E-state index in [0.29, 0.717) is 11.8 Å². The van der Waals surface area contributed by atoms with Crippen LogP contribution in [0.5, 0.6) is 0 Å². The van der Waals surface area contributed by atoms with Crippen LogP contribution >= 0.6 is 12.2 Å². The quantitative estimate of drug-likeness (QED) is 0.813. The summed E-state index contributed by atoms with van der Waals surface area (Å²) in [5.41, 5.74) is 2.16. The number of hydrogen-bond acceptors (Lipinski definition) is 3. The Balaban J connectivity index is 1.54. The number of likely N-dealkylation sites (tertiary alicyclic amines) is 1. The zero-order valence-corrected chi connectivity index (χ0v) is 13.5. The van der Waals surface area contributed by atoms with Gasteiger partial charge in [-0.1, -0.05) is 6.07 Å². The minimum absolute atomic E-state index is 0.113. The van der Waals surface area contributed by atoms with Crippen LogP contribution in [0.1, 0.15) is 18.0 Å². The summed E-state index contributed by atoms with van der Waals surface area (Å²) in [5.74, 6) is 0.833. The molecule has 4 rings (SSSR count). The van der Waals surface area contributed by atoms with E-state index in [0.717, 1.165) is 42.5 Å². The van der Waals surface area contributed by atoms with Crippen molar-refractivity contribution in [3.63, 3.8) is 0 Å². The monoisotopic (exact) mass is 326 g/mol. The zero-order valence-electron chi connectivity index (χ0n) is 12.7. The Labute approximate surface area is 140 Å². The van der Waals surface area contributed by atoms with Crippen molar-refractivity contribution >= 4 is 23.0 Å². The van der Waals surface area contributed by atoms with E-state index in [-0.39, 0.29) is 5.56 Å². The van der Waals surface area contributed by atoms with Gasteiger partial charge in [-0.05, 0) is 42.8 Å². The van der Waals surface area contributed by atoms with Crippen molar-refractivity contribution < 1.29 is 0 Å². The molecule has 1 N–H and O–H groups in total. The average molecular weight is 326 g/mol. The first-order valence-electron chi connectivity index (χ1n) is 7.86. The SMILES string of the molecule is O=c1cccc2n1C[C@H]1C[C@@H]2CN(C(=S)Nc2cccnc2)C1. The molecule has 6 heteroatoms. The number of hydrogen-bond donors (Lipinski definition) is 1. The topological polar surface area (TPSA) is 50.2 Å². The second-order valence-corrected chi connectivity index (χ2v) is 6.66. The van der Waals surface area contributed by atoms with Crippen LogP contribution in [-0.2, 0) is 6.54 Å². The molecule has 0 amide bonds. The number of nitrogens with zero attached hydrogens (tertiary/aromatic N) is 3. The first kappa shape index (κ1) is 14.4. The van der Waals surface area contributed by atoms with Gasteiger partial charge in [-0.25, -0.2) is 0 Å². The van der Waals surface area contributed by atoms with Gasteiger partial charge in [-0.2, -0.15) is 0 Å². The largest absolute Gasteiger partial charge is 0.348 e. The highest BCUT2D eigenvalue weighted by atomic mass is 32.1. The number of thiocarbonyl (C=S) groups is 1. The maximum Gasteiger partial charge on any atom is 0.250 e.